The molecule has 2 N–H and O–H groups in total. The Morgan fingerprint density at radius 1 is 1.12 bits per heavy atom. The fourth-order valence-corrected chi connectivity index (χ4v) is 3.37. The molecule has 1 fully saturated rings. The smallest absolute Gasteiger partial charge is 0.253 e. The fraction of sp³-hybridized carbons (Fsp3) is 0.250. The van der Waals surface area contributed by atoms with Gasteiger partial charge in [0.2, 0.25) is 5.88 Å². The van der Waals surface area contributed by atoms with Crippen molar-refractivity contribution >= 4 is 11.8 Å². The molecule has 0 spiro atoms. The number of nitrogens with zero attached hydrogens (tertiary/aromatic N) is 3. The summed E-state index contributed by atoms with van der Waals surface area (Å²) in [7, 11) is 0. The molecule has 1 aliphatic rings. The van der Waals surface area contributed by atoms with E-state index in [1.807, 2.05) is 47.4 Å². The molecule has 2 aromatic heterocycles. The molecule has 1 aliphatic heterocycles. The largest absolute Gasteiger partial charge is 0.368 e. The number of hydrogen-bond acceptors (Lipinski definition) is 5. The van der Waals surface area contributed by atoms with Crippen LogP contribution in [-0.2, 0) is 0 Å². The maximum atomic E-state index is 12.8. The fourth-order valence-electron chi connectivity index (χ4n) is 3.37. The summed E-state index contributed by atoms with van der Waals surface area (Å²) in [5.74, 6) is 0.703. The van der Waals surface area contributed by atoms with E-state index in [4.69, 9.17) is 10.3 Å². The molecule has 1 saturated heterocycles. The van der Waals surface area contributed by atoms with Crippen LogP contribution in [0.1, 0.15) is 34.8 Å². The van der Waals surface area contributed by atoms with Crippen molar-refractivity contribution in [2.75, 3.05) is 18.8 Å². The Morgan fingerprint density at radius 2 is 1.88 bits per heavy atom. The van der Waals surface area contributed by atoms with E-state index in [-0.39, 0.29) is 5.91 Å². The molecule has 132 valence electrons. The molecule has 0 saturated carbocycles. The number of anilines is 1. The molecule has 4 rings (SSSR count). The Bertz CT molecular complexity index is 882. The monoisotopic (exact) mass is 348 g/mol. The van der Waals surface area contributed by atoms with E-state index in [1.54, 1.807) is 12.3 Å². The quantitative estimate of drug-likeness (QED) is 0.784. The van der Waals surface area contributed by atoms with Crippen LogP contribution in [0.15, 0.2) is 59.3 Å². The lowest BCUT2D eigenvalue weighted by Crippen LogP contribution is -2.37. The summed E-state index contributed by atoms with van der Waals surface area (Å²) < 4.78 is 4.95. The van der Waals surface area contributed by atoms with E-state index in [1.165, 1.54) is 0 Å². The van der Waals surface area contributed by atoms with Crippen molar-refractivity contribution in [2.24, 2.45) is 0 Å². The van der Waals surface area contributed by atoms with E-state index in [0.717, 1.165) is 29.8 Å². The van der Waals surface area contributed by atoms with Crippen molar-refractivity contribution in [3.05, 3.63) is 66.0 Å². The highest BCUT2D eigenvalue weighted by atomic mass is 16.5. The maximum absolute atomic E-state index is 12.8. The van der Waals surface area contributed by atoms with Gasteiger partial charge in [-0.2, -0.15) is 0 Å². The molecule has 0 atom stereocenters. The number of nitrogens with two attached hydrogens (primary N) is 1. The molecule has 26 heavy (non-hydrogen) atoms. The third kappa shape index (κ3) is 3.31. The lowest BCUT2D eigenvalue weighted by atomic mass is 9.93. The number of carbonyl (C=O) groups is 1. The van der Waals surface area contributed by atoms with Gasteiger partial charge in [-0.3, -0.25) is 9.78 Å². The lowest BCUT2D eigenvalue weighted by Gasteiger charge is -2.31. The van der Waals surface area contributed by atoms with Crippen LogP contribution in [0, 0.1) is 0 Å². The Kier molecular flexibility index (Phi) is 4.39. The number of aromatic nitrogens is 2. The normalized spacial score (nSPS) is 15.2. The number of hydrogen-bond donors (Lipinski definition) is 1. The molecule has 1 aromatic carbocycles. The Balaban J connectivity index is 1.40. The minimum absolute atomic E-state index is 0.0655. The van der Waals surface area contributed by atoms with Gasteiger partial charge in [-0.1, -0.05) is 23.4 Å². The molecule has 0 aliphatic carbocycles. The van der Waals surface area contributed by atoms with Gasteiger partial charge in [-0.05, 0) is 37.1 Å². The van der Waals surface area contributed by atoms with Crippen molar-refractivity contribution in [3.63, 3.8) is 0 Å². The second kappa shape index (κ2) is 7.00. The molecule has 6 nitrogen and oxygen atoms in total. The number of rotatable bonds is 3. The Hall–Kier alpha value is -3.15. The number of amides is 1. The number of carbonyl (C=O) groups excluding carboxylic acids is 1. The summed E-state index contributed by atoms with van der Waals surface area (Å²) >= 11 is 0. The van der Waals surface area contributed by atoms with Crippen LogP contribution in [0.25, 0.3) is 11.3 Å². The van der Waals surface area contributed by atoms with Crippen molar-refractivity contribution in [2.45, 2.75) is 18.8 Å². The number of likely N-dealkylation sites (tertiary alicyclic amines) is 1. The third-order valence-electron chi connectivity index (χ3n) is 4.84. The van der Waals surface area contributed by atoms with Crippen LogP contribution in [0.4, 0.5) is 5.88 Å². The highest BCUT2D eigenvalue weighted by molar-refractivity contribution is 5.94. The predicted molar refractivity (Wildman–Crippen MR) is 98.5 cm³/mol. The van der Waals surface area contributed by atoms with E-state index >= 15 is 0 Å². The second-order valence-electron chi connectivity index (χ2n) is 6.51. The minimum Gasteiger partial charge on any atom is -0.368 e. The van der Waals surface area contributed by atoms with Gasteiger partial charge in [0.05, 0.1) is 11.4 Å². The average Bonchev–Trinajstić information content (AvgIpc) is 3.15. The van der Waals surface area contributed by atoms with Gasteiger partial charge in [0.1, 0.15) is 0 Å². The number of benzene rings is 1. The summed E-state index contributed by atoms with van der Waals surface area (Å²) in [6, 6.07) is 15.2. The average molecular weight is 348 g/mol. The first-order valence-corrected chi connectivity index (χ1v) is 8.73. The van der Waals surface area contributed by atoms with Crippen LogP contribution >= 0.6 is 0 Å². The van der Waals surface area contributed by atoms with Crippen molar-refractivity contribution in [1.29, 1.82) is 0 Å². The van der Waals surface area contributed by atoms with Gasteiger partial charge in [-0.15, -0.1) is 0 Å². The summed E-state index contributed by atoms with van der Waals surface area (Å²) in [6.07, 6.45) is 3.49. The van der Waals surface area contributed by atoms with Crippen LogP contribution in [0.5, 0.6) is 0 Å². The zero-order chi connectivity index (χ0) is 17.9. The summed E-state index contributed by atoms with van der Waals surface area (Å²) in [4.78, 5) is 19.0. The van der Waals surface area contributed by atoms with E-state index < -0.39 is 0 Å². The van der Waals surface area contributed by atoms with Crippen LogP contribution < -0.4 is 5.73 Å². The van der Waals surface area contributed by atoms with Gasteiger partial charge in [-0.25, -0.2) is 0 Å². The van der Waals surface area contributed by atoms with Gasteiger partial charge >= 0.3 is 0 Å². The summed E-state index contributed by atoms with van der Waals surface area (Å²) in [5, 5.41) is 4.00. The van der Waals surface area contributed by atoms with Crippen LogP contribution in [-0.4, -0.2) is 34.0 Å². The molecule has 0 bridgehead atoms. The summed E-state index contributed by atoms with van der Waals surface area (Å²) in [5.41, 5.74) is 9.09. The van der Waals surface area contributed by atoms with Crippen LogP contribution in [0.2, 0.25) is 0 Å². The first-order chi connectivity index (χ1) is 12.7. The van der Waals surface area contributed by atoms with Gasteiger partial charge < -0.3 is 15.2 Å². The van der Waals surface area contributed by atoms with Gasteiger partial charge in [0.25, 0.3) is 5.91 Å². The van der Waals surface area contributed by atoms with Crippen molar-refractivity contribution < 1.29 is 9.32 Å². The van der Waals surface area contributed by atoms with E-state index in [0.29, 0.717) is 30.5 Å². The van der Waals surface area contributed by atoms with Crippen molar-refractivity contribution in [3.8, 4) is 11.3 Å². The molecule has 0 unspecified atom stereocenters. The number of piperidine rings is 1. The molecule has 3 aromatic rings. The molecule has 0 radical (unpaired) electrons. The third-order valence-corrected chi connectivity index (χ3v) is 4.84. The van der Waals surface area contributed by atoms with E-state index in [9.17, 15) is 4.79 Å². The standard InChI is InChI=1S/C20H20N4O2/c21-19-13-18(23-26-19)15-8-11-24(12-9-15)20(25)16-6-4-14(5-7-16)17-3-1-2-10-22-17/h1-7,10,13,15H,8-9,11-12,21H2. The zero-order valence-corrected chi connectivity index (χ0v) is 14.3. The van der Waals surface area contributed by atoms with Crippen LogP contribution in [0.3, 0.4) is 0 Å². The van der Waals surface area contributed by atoms with Crippen molar-refractivity contribution in [1.82, 2.24) is 15.0 Å². The maximum Gasteiger partial charge on any atom is 0.253 e. The molecular weight excluding hydrogens is 328 g/mol. The highest BCUT2D eigenvalue weighted by Crippen LogP contribution is 2.29. The molecule has 6 heteroatoms. The zero-order valence-electron chi connectivity index (χ0n) is 14.3. The molecule has 1 amide bonds. The van der Waals surface area contributed by atoms with Gasteiger partial charge in [0.15, 0.2) is 0 Å². The predicted octanol–water partition coefficient (Wildman–Crippen LogP) is 3.34. The SMILES string of the molecule is Nc1cc(C2CCN(C(=O)c3ccc(-c4ccccn4)cc3)CC2)no1. The van der Waals surface area contributed by atoms with E-state index in [2.05, 4.69) is 10.1 Å². The number of nitrogen functional groups attached to an aromatic ring is 1. The Labute approximate surface area is 151 Å². The first-order valence-electron chi connectivity index (χ1n) is 8.73. The number of pyridine rings is 1. The molecular formula is C20H20N4O2. The first kappa shape index (κ1) is 16.3. The van der Waals surface area contributed by atoms with Gasteiger partial charge in [0, 0.05) is 42.4 Å². The molecule has 3 heterocycles. The lowest BCUT2D eigenvalue weighted by molar-refractivity contribution is 0.0711. The highest BCUT2D eigenvalue weighted by Gasteiger charge is 2.26. The topological polar surface area (TPSA) is 85.2 Å². The summed E-state index contributed by atoms with van der Waals surface area (Å²) in [6.45, 7) is 1.41. The Morgan fingerprint density at radius 3 is 2.50 bits per heavy atom. The minimum atomic E-state index is 0.0655. The second-order valence-corrected chi connectivity index (χ2v) is 6.51.